The molecule has 128 valence electrons. The van der Waals surface area contributed by atoms with Crippen molar-refractivity contribution in [2.45, 2.75) is 26.2 Å². The third-order valence-electron chi connectivity index (χ3n) is 3.97. The number of ether oxygens (including phenoxy) is 1. The number of aliphatic hydroxyl groups is 1. The van der Waals surface area contributed by atoms with Crippen molar-refractivity contribution in [1.82, 2.24) is 9.55 Å². The van der Waals surface area contributed by atoms with Crippen molar-refractivity contribution in [1.29, 1.82) is 0 Å². The van der Waals surface area contributed by atoms with Crippen LogP contribution in [0, 0.1) is 0 Å². The SMILES string of the molecule is O=c1cc(OCc2ccncc2)ccn1CCc1ccc(CO)cc1. The first-order chi connectivity index (χ1) is 12.2. The van der Waals surface area contributed by atoms with E-state index in [2.05, 4.69) is 4.98 Å². The van der Waals surface area contributed by atoms with Crippen molar-refractivity contribution < 1.29 is 9.84 Å². The summed E-state index contributed by atoms with van der Waals surface area (Å²) in [5, 5.41) is 9.05. The number of rotatable bonds is 7. The summed E-state index contributed by atoms with van der Waals surface area (Å²) in [4.78, 5) is 16.2. The molecule has 0 aliphatic rings. The zero-order valence-electron chi connectivity index (χ0n) is 13.8. The minimum absolute atomic E-state index is 0.0424. The molecule has 5 nitrogen and oxygen atoms in total. The van der Waals surface area contributed by atoms with Gasteiger partial charge in [0.25, 0.3) is 5.56 Å². The Morgan fingerprint density at radius 3 is 2.36 bits per heavy atom. The number of hydrogen-bond donors (Lipinski definition) is 1. The molecule has 0 amide bonds. The monoisotopic (exact) mass is 336 g/mol. The van der Waals surface area contributed by atoms with Gasteiger partial charge in [-0.1, -0.05) is 24.3 Å². The third kappa shape index (κ3) is 4.78. The van der Waals surface area contributed by atoms with Crippen LogP contribution < -0.4 is 10.3 Å². The molecular formula is C20H20N2O3. The minimum atomic E-state index is -0.0841. The number of hydrogen-bond acceptors (Lipinski definition) is 4. The van der Waals surface area contributed by atoms with Crippen LogP contribution in [-0.4, -0.2) is 14.7 Å². The summed E-state index contributed by atoms with van der Waals surface area (Å²) in [6, 6.07) is 14.8. The van der Waals surface area contributed by atoms with Gasteiger partial charge in [-0.05, 0) is 41.3 Å². The van der Waals surface area contributed by atoms with E-state index in [9.17, 15) is 4.79 Å². The third-order valence-corrected chi connectivity index (χ3v) is 3.97. The number of aryl methyl sites for hydroxylation is 2. The summed E-state index contributed by atoms with van der Waals surface area (Å²) in [6.07, 6.45) is 5.93. The van der Waals surface area contributed by atoms with E-state index in [1.165, 1.54) is 6.07 Å². The van der Waals surface area contributed by atoms with Gasteiger partial charge in [-0.15, -0.1) is 0 Å². The van der Waals surface area contributed by atoms with Gasteiger partial charge in [-0.3, -0.25) is 9.78 Å². The van der Waals surface area contributed by atoms with Crippen molar-refractivity contribution in [3.05, 3.63) is 94.2 Å². The van der Waals surface area contributed by atoms with Crippen molar-refractivity contribution in [2.75, 3.05) is 0 Å². The molecule has 0 saturated carbocycles. The zero-order chi connectivity index (χ0) is 17.5. The number of pyridine rings is 2. The Morgan fingerprint density at radius 2 is 1.68 bits per heavy atom. The molecular weight excluding hydrogens is 316 g/mol. The summed E-state index contributed by atoms with van der Waals surface area (Å²) in [7, 11) is 0. The molecule has 5 heteroatoms. The summed E-state index contributed by atoms with van der Waals surface area (Å²) in [5.41, 5.74) is 2.93. The molecule has 0 fully saturated rings. The molecule has 2 aromatic heterocycles. The maximum atomic E-state index is 12.2. The molecule has 1 aromatic carbocycles. The highest BCUT2D eigenvalue weighted by Crippen LogP contribution is 2.10. The van der Waals surface area contributed by atoms with Crippen LogP contribution in [0.1, 0.15) is 16.7 Å². The average molecular weight is 336 g/mol. The number of aromatic nitrogens is 2. The normalized spacial score (nSPS) is 10.6. The second-order valence-corrected chi connectivity index (χ2v) is 5.76. The van der Waals surface area contributed by atoms with E-state index in [0.717, 1.165) is 23.1 Å². The van der Waals surface area contributed by atoms with Crippen LogP contribution in [0.25, 0.3) is 0 Å². The van der Waals surface area contributed by atoms with Crippen LogP contribution in [0.5, 0.6) is 5.75 Å². The Labute approximate surface area is 146 Å². The van der Waals surface area contributed by atoms with Gasteiger partial charge < -0.3 is 14.4 Å². The Bertz CT molecular complexity index is 858. The standard InChI is InChI=1S/C20H20N2O3/c23-14-17-3-1-16(2-4-17)7-11-22-12-8-19(13-20(22)24)25-15-18-5-9-21-10-6-18/h1-6,8-10,12-13,23H,7,11,14-15H2. The fraction of sp³-hybridized carbons (Fsp3) is 0.200. The van der Waals surface area contributed by atoms with Gasteiger partial charge in [0.15, 0.2) is 0 Å². The topological polar surface area (TPSA) is 64.3 Å². The zero-order valence-corrected chi connectivity index (χ0v) is 13.8. The second-order valence-electron chi connectivity index (χ2n) is 5.76. The van der Waals surface area contributed by atoms with E-state index in [0.29, 0.717) is 18.9 Å². The number of benzene rings is 1. The molecule has 0 bridgehead atoms. The van der Waals surface area contributed by atoms with Crippen molar-refractivity contribution in [3.8, 4) is 5.75 Å². The molecule has 25 heavy (non-hydrogen) atoms. The quantitative estimate of drug-likeness (QED) is 0.720. The highest BCUT2D eigenvalue weighted by molar-refractivity contribution is 5.22. The van der Waals surface area contributed by atoms with Crippen molar-refractivity contribution >= 4 is 0 Å². The van der Waals surface area contributed by atoms with Gasteiger partial charge in [0.05, 0.1) is 6.61 Å². The van der Waals surface area contributed by atoms with Crippen LogP contribution in [-0.2, 0) is 26.2 Å². The average Bonchev–Trinajstić information content (AvgIpc) is 2.67. The Morgan fingerprint density at radius 1 is 0.960 bits per heavy atom. The predicted molar refractivity (Wildman–Crippen MR) is 95.3 cm³/mol. The lowest BCUT2D eigenvalue weighted by Crippen LogP contribution is -2.19. The van der Waals surface area contributed by atoms with E-state index in [-0.39, 0.29) is 12.2 Å². The van der Waals surface area contributed by atoms with Gasteiger partial charge in [-0.25, -0.2) is 0 Å². The fourth-order valence-electron chi connectivity index (χ4n) is 2.47. The smallest absolute Gasteiger partial charge is 0.254 e. The molecule has 0 aliphatic carbocycles. The number of nitrogens with zero attached hydrogens (tertiary/aromatic N) is 2. The molecule has 0 aliphatic heterocycles. The first-order valence-corrected chi connectivity index (χ1v) is 8.15. The van der Waals surface area contributed by atoms with E-state index >= 15 is 0 Å². The molecule has 0 radical (unpaired) electrons. The van der Waals surface area contributed by atoms with Crippen LogP contribution in [0.2, 0.25) is 0 Å². The highest BCUT2D eigenvalue weighted by Gasteiger charge is 2.02. The van der Waals surface area contributed by atoms with Crippen LogP contribution in [0.15, 0.2) is 71.9 Å². The van der Waals surface area contributed by atoms with Crippen LogP contribution in [0.4, 0.5) is 0 Å². The summed E-state index contributed by atoms with van der Waals surface area (Å²) in [6.45, 7) is 1.05. The molecule has 3 rings (SSSR count). The van der Waals surface area contributed by atoms with Gasteiger partial charge in [0.2, 0.25) is 0 Å². The lowest BCUT2D eigenvalue weighted by molar-refractivity contribution is 0.282. The van der Waals surface area contributed by atoms with E-state index in [4.69, 9.17) is 9.84 Å². The highest BCUT2D eigenvalue weighted by atomic mass is 16.5. The molecule has 0 saturated heterocycles. The van der Waals surface area contributed by atoms with Gasteiger partial charge in [-0.2, -0.15) is 0 Å². The fourth-order valence-corrected chi connectivity index (χ4v) is 2.47. The maximum Gasteiger partial charge on any atom is 0.254 e. The van der Waals surface area contributed by atoms with E-state index in [1.807, 2.05) is 36.4 Å². The lowest BCUT2D eigenvalue weighted by atomic mass is 10.1. The Balaban J connectivity index is 1.58. The van der Waals surface area contributed by atoms with Crippen molar-refractivity contribution in [3.63, 3.8) is 0 Å². The van der Waals surface area contributed by atoms with Crippen LogP contribution in [0.3, 0.4) is 0 Å². The molecule has 3 aromatic rings. The minimum Gasteiger partial charge on any atom is -0.489 e. The Kier molecular flexibility index (Phi) is 5.59. The second kappa shape index (κ2) is 8.26. The maximum absolute atomic E-state index is 12.2. The number of aliphatic hydroxyl groups excluding tert-OH is 1. The Hall–Kier alpha value is -2.92. The van der Waals surface area contributed by atoms with Crippen molar-refractivity contribution in [2.24, 2.45) is 0 Å². The molecule has 0 unspecified atom stereocenters. The first kappa shape index (κ1) is 16.9. The van der Waals surface area contributed by atoms with Gasteiger partial charge in [0, 0.05) is 31.2 Å². The lowest BCUT2D eigenvalue weighted by Gasteiger charge is -2.09. The van der Waals surface area contributed by atoms with E-state index < -0.39 is 0 Å². The van der Waals surface area contributed by atoms with Gasteiger partial charge >= 0.3 is 0 Å². The molecule has 1 N–H and O–H groups in total. The summed E-state index contributed by atoms with van der Waals surface area (Å²) in [5.74, 6) is 0.561. The largest absolute Gasteiger partial charge is 0.489 e. The summed E-state index contributed by atoms with van der Waals surface area (Å²) >= 11 is 0. The molecule has 2 heterocycles. The first-order valence-electron chi connectivity index (χ1n) is 8.15. The van der Waals surface area contributed by atoms with Crippen LogP contribution >= 0.6 is 0 Å². The summed E-state index contributed by atoms with van der Waals surface area (Å²) < 4.78 is 7.32. The molecule has 0 spiro atoms. The van der Waals surface area contributed by atoms with E-state index in [1.54, 1.807) is 29.2 Å². The predicted octanol–water partition coefficient (Wildman–Crippen LogP) is 2.56. The van der Waals surface area contributed by atoms with Gasteiger partial charge in [0.1, 0.15) is 12.4 Å². The molecule has 0 atom stereocenters.